The third kappa shape index (κ3) is 10.1. The van der Waals surface area contributed by atoms with E-state index in [0.29, 0.717) is 74.0 Å². The van der Waals surface area contributed by atoms with Gasteiger partial charge >= 0.3 is 6.36 Å². The molecule has 21 heteroatoms. The van der Waals surface area contributed by atoms with Crippen LogP contribution in [0.2, 0.25) is 0 Å². The maximum absolute atomic E-state index is 14.7. The molecule has 2 saturated carbocycles. The Hall–Kier alpha value is -6.16. The summed E-state index contributed by atoms with van der Waals surface area (Å²) < 4.78 is 87.8. The Morgan fingerprint density at radius 2 is 1.76 bits per heavy atom. The maximum Gasteiger partial charge on any atom is 0.573 e. The summed E-state index contributed by atoms with van der Waals surface area (Å²) in [5, 5.41) is 26.7. The van der Waals surface area contributed by atoms with E-state index in [1.165, 1.54) is 18.2 Å². The van der Waals surface area contributed by atoms with Gasteiger partial charge in [-0.05, 0) is 144 Å². The normalized spacial score (nSPS) is 25.4. The first kappa shape index (κ1) is 50.0. The third-order valence-corrected chi connectivity index (χ3v) is 17.9. The predicted molar refractivity (Wildman–Crippen MR) is 270 cm³/mol. The van der Waals surface area contributed by atoms with Crippen LogP contribution in [-0.4, -0.2) is 109 Å². The molecule has 5 aromatic rings. The number of benzene rings is 3. The van der Waals surface area contributed by atoms with Crippen LogP contribution in [0.25, 0.3) is 11.0 Å². The van der Waals surface area contributed by atoms with Crippen LogP contribution in [0.1, 0.15) is 106 Å². The molecule has 4 aliphatic heterocycles. The van der Waals surface area contributed by atoms with Crippen LogP contribution in [0.3, 0.4) is 0 Å². The van der Waals surface area contributed by atoms with E-state index in [4.69, 9.17) is 14.5 Å². The van der Waals surface area contributed by atoms with Crippen LogP contribution in [0.5, 0.6) is 11.6 Å². The number of likely N-dealkylation sites (tertiary alicyclic amines) is 1. The lowest BCUT2D eigenvalue weighted by atomic mass is 9.59. The van der Waals surface area contributed by atoms with Crippen molar-refractivity contribution in [2.75, 3.05) is 54.5 Å². The number of sulfonamides is 1. The Bertz CT molecular complexity index is 3040. The number of anilines is 4. The number of fused-ring (bicyclic) bond motifs is 3. The fourth-order valence-electron chi connectivity index (χ4n) is 12.6. The number of aliphatic hydroxyl groups is 1. The van der Waals surface area contributed by atoms with E-state index >= 15 is 0 Å². The quantitative estimate of drug-likeness (QED) is 0.0679. The summed E-state index contributed by atoms with van der Waals surface area (Å²) in [6.07, 6.45) is 6.03. The van der Waals surface area contributed by atoms with Gasteiger partial charge in [-0.15, -0.1) is 13.2 Å². The number of ether oxygens (including phenoxy) is 3. The minimum Gasteiger partial charge on any atom is -0.468 e. The summed E-state index contributed by atoms with van der Waals surface area (Å²) >= 11 is 0. The molecule has 5 fully saturated rings. The van der Waals surface area contributed by atoms with Crippen molar-refractivity contribution in [3.8, 4) is 11.6 Å². The molecule has 3 saturated heterocycles. The predicted octanol–water partition coefficient (Wildman–Crippen LogP) is 9.51. The number of halogens is 3. The number of aromatic amines is 1. The van der Waals surface area contributed by atoms with E-state index < -0.39 is 49.5 Å². The number of hydrogen-bond donors (Lipinski definition) is 4. The number of amides is 1. The number of nitro groups is 1. The van der Waals surface area contributed by atoms with Crippen LogP contribution < -0.4 is 29.3 Å². The average Bonchev–Trinajstić information content (AvgIpc) is 3.83. The van der Waals surface area contributed by atoms with Crippen LogP contribution in [0.15, 0.2) is 83.9 Å². The van der Waals surface area contributed by atoms with E-state index in [0.717, 1.165) is 81.5 Å². The van der Waals surface area contributed by atoms with E-state index in [9.17, 15) is 41.6 Å². The molecule has 4 N–H and O–H groups in total. The number of nitrogens with zero attached hydrogens (tertiary/aromatic N) is 5. The summed E-state index contributed by atoms with van der Waals surface area (Å²) in [5.41, 5.74) is 2.10. The zero-order valence-corrected chi connectivity index (χ0v) is 41.9. The van der Waals surface area contributed by atoms with Crippen molar-refractivity contribution in [1.29, 1.82) is 0 Å². The van der Waals surface area contributed by atoms with Crippen molar-refractivity contribution in [2.45, 2.75) is 125 Å². The Morgan fingerprint density at radius 1 is 0.973 bits per heavy atom. The minimum atomic E-state index is -4.79. The number of rotatable bonds is 12. The summed E-state index contributed by atoms with van der Waals surface area (Å²) in [6.45, 7) is 5.10. The number of aromatic nitrogens is 2. The van der Waals surface area contributed by atoms with Crippen molar-refractivity contribution in [3.05, 3.63) is 100 Å². The highest BCUT2D eigenvalue weighted by atomic mass is 32.2. The molecule has 6 heterocycles. The fourth-order valence-corrected chi connectivity index (χ4v) is 13.5. The highest BCUT2D eigenvalue weighted by Crippen LogP contribution is 2.55. The highest BCUT2D eigenvalue weighted by molar-refractivity contribution is 7.90. The summed E-state index contributed by atoms with van der Waals surface area (Å²) in [4.78, 5) is 40.6. The Kier molecular flexibility index (Phi) is 13.2. The first-order valence-corrected chi connectivity index (χ1v) is 27.2. The van der Waals surface area contributed by atoms with Crippen molar-refractivity contribution in [3.63, 3.8) is 0 Å². The van der Waals surface area contributed by atoms with E-state index in [-0.39, 0.29) is 53.1 Å². The minimum absolute atomic E-state index is 0.0532. The molecule has 2 aromatic heterocycles. The van der Waals surface area contributed by atoms with Gasteiger partial charge in [-0.2, -0.15) is 4.98 Å². The zero-order valence-electron chi connectivity index (χ0n) is 41.1. The molecule has 3 atom stereocenters. The Balaban J connectivity index is 0.857. The molecule has 0 bridgehead atoms. The molecule has 1 amide bonds. The molecule has 394 valence electrons. The van der Waals surface area contributed by atoms with Crippen molar-refractivity contribution < 1.29 is 50.6 Å². The number of piperidine rings is 2. The number of carbonyl (C=O) groups excluding carboxylic acids is 1. The second-order valence-electron chi connectivity index (χ2n) is 21.5. The first-order valence-electron chi connectivity index (χ1n) is 25.7. The summed E-state index contributed by atoms with van der Waals surface area (Å²) in [5.74, 6) is -0.582. The maximum atomic E-state index is 14.7. The molecule has 3 aromatic carbocycles. The number of H-pyrrole nitrogens is 1. The average molecular weight is 1040 g/mol. The van der Waals surface area contributed by atoms with Gasteiger partial charge in [-0.3, -0.25) is 19.8 Å². The lowest BCUT2D eigenvalue weighted by Crippen LogP contribution is -2.56. The summed E-state index contributed by atoms with van der Waals surface area (Å²) in [6, 6.07) is 19.0. The molecular formula is C53H61F3N8O9S. The van der Waals surface area contributed by atoms with Crippen LogP contribution >= 0.6 is 0 Å². The number of alkyl halides is 3. The number of nitro benzene ring substituents is 1. The van der Waals surface area contributed by atoms with Gasteiger partial charge in [-0.1, -0.05) is 24.6 Å². The van der Waals surface area contributed by atoms with Crippen molar-refractivity contribution in [2.24, 2.45) is 11.3 Å². The number of pyridine rings is 1. The highest BCUT2D eigenvalue weighted by Gasteiger charge is 2.50. The SMILES string of the molecule is CC1(O)CCC(CNc2ccc(S(=O)(=O)NC(=O)c3ccc(N4CCC5(CC4)CC(N4CCCC[C@H]4c4ccccc4OC(F)(F)F)C5)cc3N3c4cc5cc[nH]c5nc4O[C@H]4COCC[C@@H]43)cc2[N+](=O)[O-])CC1. The van der Waals surface area contributed by atoms with Gasteiger partial charge in [0.1, 0.15) is 28.9 Å². The second kappa shape index (κ2) is 19.5. The molecule has 74 heavy (non-hydrogen) atoms. The molecule has 1 spiro atoms. The lowest BCUT2D eigenvalue weighted by Gasteiger charge is -2.57. The lowest BCUT2D eigenvalue weighted by molar-refractivity contribution is -0.384. The Labute approximate surface area is 426 Å². The van der Waals surface area contributed by atoms with Gasteiger partial charge in [0.25, 0.3) is 21.6 Å². The van der Waals surface area contributed by atoms with Gasteiger partial charge in [0.05, 0.1) is 39.3 Å². The third-order valence-electron chi connectivity index (χ3n) is 16.6. The molecule has 0 radical (unpaired) electrons. The van der Waals surface area contributed by atoms with Crippen LogP contribution in [0.4, 0.5) is 41.6 Å². The number of nitrogens with one attached hydrogen (secondary N) is 3. The fraction of sp³-hybridized carbons (Fsp3) is 0.509. The molecule has 11 rings (SSSR count). The van der Waals surface area contributed by atoms with Gasteiger partial charge in [0.15, 0.2) is 0 Å². The number of hydrogen-bond acceptors (Lipinski definition) is 14. The standard InChI is InChI=1S/C53H61F3N8O9S/c1-51(66)17-13-33(14-18-51)31-58-40-12-10-37(28-44(40)64(67)68)74(69,70)60-49(65)39-11-9-35(27-43(39)63-42-16-25-71-32-47(42)72-50-45(63)26-34-15-21-57-48(34)59-50)61-23-19-52(20-24-61)29-36(30-52)62-22-5-4-7-41(62)38-6-2-3-8-46(38)73-53(54,55)56/h2-3,6,8-12,15,21,26-28,33,36,41-42,47,58,66H,4-5,7,13-14,16-20,22-25,29-32H2,1H3,(H,57,59)(H,60,65)/t33?,41-,42-,47-,51?/m0/s1. The van der Waals surface area contributed by atoms with E-state index in [2.05, 4.69) is 29.6 Å². The first-order chi connectivity index (χ1) is 35.4. The van der Waals surface area contributed by atoms with Crippen LogP contribution in [0, 0.1) is 21.4 Å². The molecule has 17 nitrogen and oxygen atoms in total. The number of carbonyl (C=O) groups is 1. The Morgan fingerprint density at radius 3 is 2.53 bits per heavy atom. The van der Waals surface area contributed by atoms with Gasteiger partial charge in [0, 0.05) is 67.2 Å². The largest absolute Gasteiger partial charge is 0.573 e. The monoisotopic (exact) mass is 1040 g/mol. The smallest absolute Gasteiger partial charge is 0.468 e. The number of para-hydroxylation sites is 1. The zero-order chi connectivity index (χ0) is 51.6. The topological polar surface area (TPSA) is 205 Å². The van der Waals surface area contributed by atoms with Gasteiger partial charge < -0.3 is 39.4 Å². The van der Waals surface area contributed by atoms with E-state index in [1.807, 2.05) is 29.2 Å². The molecule has 0 unspecified atom stereocenters. The van der Waals surface area contributed by atoms with Gasteiger partial charge in [0.2, 0.25) is 5.88 Å². The summed E-state index contributed by atoms with van der Waals surface area (Å²) in [7, 11) is -4.67. The molecular weight excluding hydrogens is 982 g/mol. The molecule has 2 aliphatic carbocycles. The van der Waals surface area contributed by atoms with Gasteiger partial charge in [-0.25, -0.2) is 13.1 Å². The van der Waals surface area contributed by atoms with E-state index in [1.54, 1.807) is 37.4 Å². The van der Waals surface area contributed by atoms with Crippen molar-refractivity contribution >= 4 is 55.4 Å². The van der Waals surface area contributed by atoms with Crippen LogP contribution in [-0.2, 0) is 14.8 Å². The molecule has 6 aliphatic rings. The second-order valence-corrected chi connectivity index (χ2v) is 23.1. The van der Waals surface area contributed by atoms with Crippen molar-refractivity contribution in [1.82, 2.24) is 19.6 Å².